The minimum absolute atomic E-state index is 0.0352. The normalized spacial score (nSPS) is 19.9. The number of benzene rings is 1. The molecule has 0 radical (unpaired) electrons. The van der Waals surface area contributed by atoms with Crippen molar-refractivity contribution >= 4 is 34.4 Å². The van der Waals surface area contributed by atoms with Gasteiger partial charge in [-0.1, -0.05) is 23.8 Å². The smallest absolute Gasteiger partial charge is 0.174 e. The van der Waals surface area contributed by atoms with E-state index >= 15 is 0 Å². The van der Waals surface area contributed by atoms with Gasteiger partial charge in [-0.3, -0.25) is 4.98 Å². The first-order chi connectivity index (χ1) is 12.1. The third kappa shape index (κ3) is 3.05. The van der Waals surface area contributed by atoms with E-state index in [-0.39, 0.29) is 12.1 Å². The Kier molecular flexibility index (Phi) is 4.27. The summed E-state index contributed by atoms with van der Waals surface area (Å²) in [7, 11) is 0. The molecule has 126 valence electrons. The van der Waals surface area contributed by atoms with Crippen LogP contribution in [0.5, 0.6) is 0 Å². The van der Waals surface area contributed by atoms with Crippen LogP contribution < -0.4 is 10.2 Å². The van der Waals surface area contributed by atoms with Gasteiger partial charge in [-0.15, -0.1) is 11.3 Å². The van der Waals surface area contributed by atoms with Crippen LogP contribution in [-0.2, 0) is 0 Å². The van der Waals surface area contributed by atoms with Crippen molar-refractivity contribution in [2.75, 3.05) is 4.90 Å². The number of nitrogens with zero attached hydrogens (tertiary/aromatic N) is 2. The van der Waals surface area contributed by atoms with E-state index in [0.717, 1.165) is 16.5 Å². The molecule has 4 rings (SSSR count). The maximum atomic E-state index is 5.71. The van der Waals surface area contributed by atoms with Crippen molar-refractivity contribution in [2.24, 2.45) is 0 Å². The Morgan fingerprint density at radius 3 is 2.48 bits per heavy atom. The fourth-order valence-electron chi connectivity index (χ4n) is 3.24. The Balaban J connectivity index is 1.81. The number of thiocarbonyl (C=S) groups is 1. The first-order valence-corrected chi connectivity index (χ1v) is 9.49. The lowest BCUT2D eigenvalue weighted by molar-refractivity contribution is 0.575. The summed E-state index contributed by atoms with van der Waals surface area (Å²) in [4.78, 5) is 9.39. The van der Waals surface area contributed by atoms with Gasteiger partial charge in [-0.25, -0.2) is 0 Å². The Morgan fingerprint density at radius 1 is 1.04 bits per heavy atom. The van der Waals surface area contributed by atoms with Gasteiger partial charge in [-0.05, 0) is 62.5 Å². The number of aryl methyl sites for hydroxylation is 2. The lowest BCUT2D eigenvalue weighted by atomic mass is 10.0. The lowest BCUT2D eigenvalue weighted by Gasteiger charge is -2.27. The van der Waals surface area contributed by atoms with E-state index in [9.17, 15) is 0 Å². The highest BCUT2D eigenvalue weighted by molar-refractivity contribution is 7.80. The molecule has 3 nitrogen and oxygen atoms in total. The summed E-state index contributed by atoms with van der Waals surface area (Å²) in [6, 6.07) is 19.1. The highest BCUT2D eigenvalue weighted by atomic mass is 32.1. The van der Waals surface area contributed by atoms with Gasteiger partial charge < -0.3 is 10.2 Å². The number of rotatable bonds is 3. The summed E-state index contributed by atoms with van der Waals surface area (Å²) in [5, 5.41) is 4.24. The molecule has 0 spiro atoms. The summed E-state index contributed by atoms with van der Waals surface area (Å²) in [5.74, 6) is 0. The second-order valence-electron chi connectivity index (χ2n) is 6.28. The molecule has 1 aliphatic heterocycles. The number of thiophene rings is 1. The van der Waals surface area contributed by atoms with Crippen LogP contribution in [0.15, 0.2) is 60.8 Å². The molecule has 1 fully saturated rings. The minimum Gasteiger partial charge on any atom is -0.351 e. The number of aromatic nitrogens is 1. The van der Waals surface area contributed by atoms with Crippen LogP contribution in [-0.4, -0.2) is 10.1 Å². The van der Waals surface area contributed by atoms with Gasteiger partial charge in [0, 0.05) is 21.6 Å². The molecule has 3 aromatic rings. The Bertz CT molecular complexity index is 887. The largest absolute Gasteiger partial charge is 0.351 e. The van der Waals surface area contributed by atoms with Gasteiger partial charge in [0.1, 0.15) is 0 Å². The highest BCUT2D eigenvalue weighted by Crippen LogP contribution is 2.43. The van der Waals surface area contributed by atoms with E-state index in [1.165, 1.54) is 15.3 Å². The topological polar surface area (TPSA) is 28.2 Å². The summed E-state index contributed by atoms with van der Waals surface area (Å²) in [5.41, 5.74) is 3.36. The van der Waals surface area contributed by atoms with E-state index in [1.807, 2.05) is 29.7 Å². The monoisotopic (exact) mass is 365 g/mol. The molecule has 0 amide bonds. The van der Waals surface area contributed by atoms with Crippen LogP contribution in [0.3, 0.4) is 0 Å². The summed E-state index contributed by atoms with van der Waals surface area (Å²) in [6.45, 7) is 4.24. The average molecular weight is 366 g/mol. The van der Waals surface area contributed by atoms with E-state index < -0.39 is 0 Å². The standard InChI is InChI=1S/C20H19N3S2/c1-13-6-9-15(10-7-13)23-19(17-11-8-14(2)25-17)18(22-20(23)24)16-5-3-4-12-21-16/h3-12,18-19H,1-2H3,(H,22,24). The molecule has 0 aliphatic carbocycles. The van der Waals surface area contributed by atoms with Crippen molar-refractivity contribution in [3.63, 3.8) is 0 Å². The summed E-state index contributed by atoms with van der Waals surface area (Å²) < 4.78 is 0. The van der Waals surface area contributed by atoms with Crippen LogP contribution in [0.4, 0.5) is 5.69 Å². The number of anilines is 1. The summed E-state index contributed by atoms with van der Waals surface area (Å²) in [6.07, 6.45) is 1.84. The molecule has 2 unspecified atom stereocenters. The molecule has 1 aromatic carbocycles. The predicted molar refractivity (Wildman–Crippen MR) is 108 cm³/mol. The van der Waals surface area contributed by atoms with Gasteiger partial charge in [-0.2, -0.15) is 0 Å². The molecule has 2 atom stereocenters. The van der Waals surface area contributed by atoms with Crippen molar-refractivity contribution in [3.05, 3.63) is 81.8 Å². The molecule has 2 aromatic heterocycles. The maximum absolute atomic E-state index is 5.71. The lowest BCUT2D eigenvalue weighted by Crippen LogP contribution is -2.29. The van der Waals surface area contributed by atoms with Crippen LogP contribution in [0.2, 0.25) is 0 Å². The number of hydrogen-bond donors (Lipinski definition) is 1. The molecule has 1 N–H and O–H groups in total. The van der Waals surface area contributed by atoms with Crippen LogP contribution in [0, 0.1) is 13.8 Å². The quantitative estimate of drug-likeness (QED) is 0.666. The first-order valence-electron chi connectivity index (χ1n) is 8.27. The van der Waals surface area contributed by atoms with Gasteiger partial charge >= 0.3 is 0 Å². The Labute approximate surface area is 157 Å². The van der Waals surface area contributed by atoms with Crippen molar-refractivity contribution in [1.29, 1.82) is 0 Å². The molecule has 1 aliphatic rings. The SMILES string of the molecule is Cc1ccc(N2C(=S)NC(c3ccccn3)C2c2ccc(C)s2)cc1. The number of pyridine rings is 1. The van der Waals surface area contributed by atoms with Crippen LogP contribution in [0.25, 0.3) is 0 Å². The molecule has 0 bridgehead atoms. The van der Waals surface area contributed by atoms with E-state index in [4.69, 9.17) is 12.2 Å². The number of nitrogens with one attached hydrogen (secondary N) is 1. The van der Waals surface area contributed by atoms with Gasteiger partial charge in [0.05, 0.1) is 17.8 Å². The van der Waals surface area contributed by atoms with Crippen molar-refractivity contribution in [3.8, 4) is 0 Å². The van der Waals surface area contributed by atoms with E-state index in [0.29, 0.717) is 0 Å². The zero-order valence-electron chi connectivity index (χ0n) is 14.1. The number of hydrogen-bond acceptors (Lipinski definition) is 3. The molecule has 0 saturated carbocycles. The van der Waals surface area contributed by atoms with E-state index in [2.05, 4.69) is 71.5 Å². The molecule has 1 saturated heterocycles. The molecule has 25 heavy (non-hydrogen) atoms. The molecule has 5 heteroatoms. The third-order valence-electron chi connectivity index (χ3n) is 4.46. The van der Waals surface area contributed by atoms with E-state index in [1.54, 1.807) is 0 Å². The van der Waals surface area contributed by atoms with Crippen molar-refractivity contribution in [2.45, 2.75) is 25.9 Å². The fraction of sp³-hybridized carbons (Fsp3) is 0.200. The van der Waals surface area contributed by atoms with Crippen LogP contribution >= 0.6 is 23.6 Å². The van der Waals surface area contributed by atoms with Crippen molar-refractivity contribution in [1.82, 2.24) is 10.3 Å². The van der Waals surface area contributed by atoms with Gasteiger partial charge in [0.15, 0.2) is 5.11 Å². The fourth-order valence-corrected chi connectivity index (χ4v) is 4.59. The zero-order chi connectivity index (χ0) is 17.4. The zero-order valence-corrected chi connectivity index (χ0v) is 15.8. The second-order valence-corrected chi connectivity index (χ2v) is 7.99. The first kappa shape index (κ1) is 16.2. The van der Waals surface area contributed by atoms with Gasteiger partial charge in [0.25, 0.3) is 0 Å². The Hall–Kier alpha value is -2.24. The van der Waals surface area contributed by atoms with Crippen molar-refractivity contribution < 1.29 is 0 Å². The highest BCUT2D eigenvalue weighted by Gasteiger charge is 2.41. The molecular formula is C20H19N3S2. The van der Waals surface area contributed by atoms with Gasteiger partial charge in [0.2, 0.25) is 0 Å². The third-order valence-corrected chi connectivity index (χ3v) is 5.85. The molecule has 3 heterocycles. The predicted octanol–water partition coefficient (Wildman–Crippen LogP) is 4.94. The Morgan fingerprint density at radius 2 is 1.84 bits per heavy atom. The molecular weight excluding hydrogens is 346 g/mol. The van der Waals surface area contributed by atoms with Crippen LogP contribution in [0.1, 0.15) is 33.1 Å². The second kappa shape index (κ2) is 6.58. The minimum atomic E-state index is 0.0352. The average Bonchev–Trinajstić information content (AvgIpc) is 3.20. The summed E-state index contributed by atoms with van der Waals surface area (Å²) >= 11 is 7.53. The maximum Gasteiger partial charge on any atom is 0.174 e.